The Morgan fingerprint density at radius 1 is 1.04 bits per heavy atom. The van der Waals surface area contributed by atoms with Crippen LogP contribution in [0.15, 0.2) is 48.5 Å². The number of carbonyl (C=O) groups excluding carboxylic acids is 1. The number of benzene rings is 2. The summed E-state index contributed by atoms with van der Waals surface area (Å²) >= 11 is 0. The Labute approximate surface area is 151 Å². The third-order valence-electron chi connectivity index (χ3n) is 3.93. The third kappa shape index (κ3) is 5.00. The van der Waals surface area contributed by atoms with Crippen LogP contribution in [0.1, 0.15) is 31.9 Å². The predicted molar refractivity (Wildman–Crippen MR) is 98.1 cm³/mol. The van der Waals surface area contributed by atoms with Crippen molar-refractivity contribution in [2.24, 2.45) is 5.41 Å². The molecular formula is C20H23F3N2O. The van der Waals surface area contributed by atoms with E-state index in [4.69, 9.17) is 0 Å². The predicted octanol–water partition coefficient (Wildman–Crippen LogP) is 5.33. The molecule has 0 heterocycles. The highest BCUT2D eigenvalue weighted by molar-refractivity contribution is 5.97. The minimum Gasteiger partial charge on any atom is -0.369 e. The Morgan fingerprint density at radius 2 is 1.65 bits per heavy atom. The largest absolute Gasteiger partial charge is 0.416 e. The highest BCUT2D eigenvalue weighted by Crippen LogP contribution is 2.36. The normalized spacial score (nSPS) is 12.0. The maximum absolute atomic E-state index is 13.1. The second-order valence-electron chi connectivity index (χ2n) is 7.28. The molecule has 2 aromatic rings. The molecule has 0 saturated heterocycles. The average Bonchev–Trinajstić information content (AvgIpc) is 2.54. The number of anilines is 2. The molecule has 0 atom stereocenters. The van der Waals surface area contributed by atoms with Crippen molar-refractivity contribution in [1.29, 1.82) is 0 Å². The Balaban J connectivity index is 2.38. The first-order valence-electron chi connectivity index (χ1n) is 8.26. The van der Waals surface area contributed by atoms with Gasteiger partial charge in [0, 0.05) is 19.0 Å². The first-order valence-corrected chi connectivity index (χ1v) is 8.26. The first-order chi connectivity index (χ1) is 12.0. The van der Waals surface area contributed by atoms with E-state index >= 15 is 0 Å². The van der Waals surface area contributed by atoms with Crippen molar-refractivity contribution in [3.63, 3.8) is 0 Å². The molecule has 0 aliphatic rings. The molecule has 0 unspecified atom stereocenters. The summed E-state index contributed by atoms with van der Waals surface area (Å²) in [5.41, 5.74) is 0.183. The molecule has 0 aliphatic heterocycles. The van der Waals surface area contributed by atoms with Crippen molar-refractivity contribution in [3.8, 4) is 0 Å². The van der Waals surface area contributed by atoms with Crippen molar-refractivity contribution in [1.82, 2.24) is 0 Å². The lowest BCUT2D eigenvalue weighted by atomic mass is 9.95. The Bertz CT molecular complexity index is 765. The summed E-state index contributed by atoms with van der Waals surface area (Å²) in [5.74, 6) is -0.341. The van der Waals surface area contributed by atoms with E-state index in [1.165, 1.54) is 6.07 Å². The number of halogens is 3. The van der Waals surface area contributed by atoms with Crippen LogP contribution in [-0.2, 0) is 17.5 Å². The van der Waals surface area contributed by atoms with E-state index < -0.39 is 17.2 Å². The molecule has 2 rings (SSSR count). The molecule has 26 heavy (non-hydrogen) atoms. The van der Waals surface area contributed by atoms with Crippen molar-refractivity contribution in [2.75, 3.05) is 17.3 Å². The molecule has 3 nitrogen and oxygen atoms in total. The monoisotopic (exact) mass is 364 g/mol. The summed E-state index contributed by atoms with van der Waals surface area (Å²) in [5, 5.41) is 2.65. The lowest BCUT2D eigenvalue weighted by Gasteiger charge is -2.26. The van der Waals surface area contributed by atoms with Crippen LogP contribution in [-0.4, -0.2) is 13.0 Å². The van der Waals surface area contributed by atoms with Crippen molar-refractivity contribution in [3.05, 3.63) is 59.7 Å². The van der Waals surface area contributed by atoms with E-state index in [1.54, 1.807) is 27.8 Å². The molecule has 0 spiro atoms. The summed E-state index contributed by atoms with van der Waals surface area (Å²) in [7, 11) is 1.78. The lowest BCUT2D eigenvalue weighted by molar-refractivity contribution is -0.137. The number of nitrogens with one attached hydrogen (secondary N) is 1. The molecule has 0 radical (unpaired) electrons. The number of alkyl halides is 3. The van der Waals surface area contributed by atoms with Gasteiger partial charge in [-0.05, 0) is 23.8 Å². The van der Waals surface area contributed by atoms with Gasteiger partial charge in [0.05, 0.1) is 16.9 Å². The van der Waals surface area contributed by atoms with Gasteiger partial charge in [-0.25, -0.2) is 0 Å². The zero-order valence-electron chi connectivity index (χ0n) is 15.3. The molecule has 0 fully saturated rings. The molecule has 6 heteroatoms. The number of nitrogens with zero attached hydrogens (tertiary/aromatic N) is 1. The van der Waals surface area contributed by atoms with E-state index in [1.807, 2.05) is 35.2 Å². The van der Waals surface area contributed by atoms with Crippen molar-refractivity contribution < 1.29 is 18.0 Å². The summed E-state index contributed by atoms with van der Waals surface area (Å²) in [4.78, 5) is 14.1. The fourth-order valence-electron chi connectivity index (χ4n) is 2.40. The van der Waals surface area contributed by atoms with Gasteiger partial charge >= 0.3 is 6.18 Å². The minimum absolute atomic E-state index is 0.151. The highest BCUT2D eigenvalue weighted by atomic mass is 19.4. The van der Waals surface area contributed by atoms with Crippen molar-refractivity contribution in [2.45, 2.75) is 33.5 Å². The molecule has 1 N–H and O–H groups in total. The molecular weight excluding hydrogens is 341 g/mol. The molecule has 0 saturated carbocycles. The van der Waals surface area contributed by atoms with Crippen LogP contribution < -0.4 is 10.2 Å². The zero-order chi connectivity index (χ0) is 19.5. The molecule has 2 aromatic carbocycles. The van der Waals surface area contributed by atoms with Gasteiger partial charge in [-0.2, -0.15) is 13.2 Å². The van der Waals surface area contributed by atoms with Gasteiger partial charge in [-0.1, -0.05) is 51.1 Å². The second-order valence-corrected chi connectivity index (χ2v) is 7.28. The van der Waals surface area contributed by atoms with E-state index in [0.29, 0.717) is 12.2 Å². The van der Waals surface area contributed by atoms with Crippen LogP contribution in [0.3, 0.4) is 0 Å². The van der Waals surface area contributed by atoms with Crippen LogP contribution in [0, 0.1) is 5.41 Å². The van der Waals surface area contributed by atoms with Crippen LogP contribution in [0.4, 0.5) is 24.5 Å². The number of hydrogen-bond acceptors (Lipinski definition) is 2. The van der Waals surface area contributed by atoms with Crippen LogP contribution in [0.5, 0.6) is 0 Å². The molecule has 0 aliphatic carbocycles. The Kier molecular flexibility index (Phi) is 5.64. The van der Waals surface area contributed by atoms with E-state index in [0.717, 1.165) is 17.7 Å². The van der Waals surface area contributed by atoms with Gasteiger partial charge in [-0.15, -0.1) is 0 Å². The summed E-state index contributed by atoms with van der Waals surface area (Å²) in [6, 6.07) is 13.0. The van der Waals surface area contributed by atoms with E-state index in [-0.39, 0.29) is 11.6 Å². The molecule has 1 amide bonds. The smallest absolute Gasteiger partial charge is 0.369 e. The van der Waals surface area contributed by atoms with Gasteiger partial charge < -0.3 is 10.2 Å². The maximum Gasteiger partial charge on any atom is 0.416 e. The standard InChI is InChI=1S/C20H23F3N2O/c1-19(2,3)18(26)24-16-12-15(20(21,22)23)10-11-17(16)25(4)13-14-8-6-5-7-9-14/h5-12H,13H2,1-4H3,(H,24,26). The summed E-state index contributed by atoms with van der Waals surface area (Å²) < 4.78 is 39.3. The average molecular weight is 364 g/mol. The van der Waals surface area contributed by atoms with Gasteiger partial charge in [0.25, 0.3) is 0 Å². The molecule has 140 valence electrons. The van der Waals surface area contributed by atoms with Gasteiger partial charge in [0.15, 0.2) is 0 Å². The van der Waals surface area contributed by atoms with E-state index in [9.17, 15) is 18.0 Å². The second kappa shape index (κ2) is 7.40. The molecule has 0 bridgehead atoms. The Hall–Kier alpha value is -2.50. The van der Waals surface area contributed by atoms with Gasteiger partial charge in [-0.3, -0.25) is 4.79 Å². The topological polar surface area (TPSA) is 32.3 Å². The summed E-state index contributed by atoms with van der Waals surface area (Å²) in [6.45, 7) is 5.64. The quantitative estimate of drug-likeness (QED) is 0.796. The van der Waals surface area contributed by atoms with Gasteiger partial charge in [0.1, 0.15) is 0 Å². The number of hydrogen-bond donors (Lipinski definition) is 1. The SMILES string of the molecule is CN(Cc1ccccc1)c1ccc(C(F)(F)F)cc1NC(=O)C(C)(C)C. The van der Waals surface area contributed by atoms with Crippen LogP contribution >= 0.6 is 0 Å². The third-order valence-corrected chi connectivity index (χ3v) is 3.93. The van der Waals surface area contributed by atoms with Crippen LogP contribution in [0.25, 0.3) is 0 Å². The fraction of sp³-hybridized carbons (Fsp3) is 0.350. The van der Waals surface area contributed by atoms with Crippen LogP contribution in [0.2, 0.25) is 0 Å². The zero-order valence-corrected chi connectivity index (χ0v) is 15.3. The minimum atomic E-state index is -4.47. The molecule has 0 aromatic heterocycles. The lowest BCUT2D eigenvalue weighted by Crippen LogP contribution is -2.29. The Morgan fingerprint density at radius 3 is 2.19 bits per heavy atom. The highest BCUT2D eigenvalue weighted by Gasteiger charge is 2.32. The maximum atomic E-state index is 13.1. The fourth-order valence-corrected chi connectivity index (χ4v) is 2.40. The number of amides is 1. The van der Waals surface area contributed by atoms with E-state index in [2.05, 4.69) is 5.32 Å². The summed E-state index contributed by atoms with van der Waals surface area (Å²) in [6.07, 6.45) is -4.47. The van der Waals surface area contributed by atoms with Gasteiger partial charge in [0.2, 0.25) is 5.91 Å². The number of rotatable bonds is 4. The van der Waals surface area contributed by atoms with Crippen molar-refractivity contribution >= 4 is 17.3 Å². The first kappa shape index (κ1) is 19.8. The number of carbonyl (C=O) groups is 1.